The molecule has 7 nitrogen and oxygen atoms in total. The Bertz CT molecular complexity index is 860. The average Bonchev–Trinajstić information content (AvgIpc) is 3.20. The molecule has 3 N–H and O–H groups in total. The Kier molecular flexibility index (Phi) is 4.68. The van der Waals surface area contributed by atoms with Crippen LogP contribution in [-0.2, 0) is 13.0 Å². The van der Waals surface area contributed by atoms with Crippen LogP contribution in [0, 0.1) is 0 Å². The molecule has 1 aromatic carbocycles. The van der Waals surface area contributed by atoms with Gasteiger partial charge in [0.2, 0.25) is 0 Å². The van der Waals surface area contributed by atoms with Gasteiger partial charge in [-0.1, -0.05) is 18.2 Å². The number of anilines is 4. The average molecular weight is 349 g/mol. The predicted octanol–water partition coefficient (Wildman–Crippen LogP) is 2.84. The van der Waals surface area contributed by atoms with Crippen molar-refractivity contribution in [1.82, 2.24) is 19.5 Å². The number of fused-ring (bicyclic) bond motifs is 1. The van der Waals surface area contributed by atoms with Gasteiger partial charge in [0.15, 0.2) is 11.6 Å². The fraction of sp³-hybridized carbons (Fsp3) is 0.316. The van der Waals surface area contributed by atoms with Crippen molar-refractivity contribution in [3.05, 3.63) is 54.9 Å². The summed E-state index contributed by atoms with van der Waals surface area (Å²) in [7, 11) is 0. The van der Waals surface area contributed by atoms with Gasteiger partial charge >= 0.3 is 0 Å². The third kappa shape index (κ3) is 3.33. The van der Waals surface area contributed by atoms with E-state index in [9.17, 15) is 0 Å². The first kappa shape index (κ1) is 16.4. The van der Waals surface area contributed by atoms with Gasteiger partial charge in [-0.3, -0.25) is 0 Å². The summed E-state index contributed by atoms with van der Waals surface area (Å²) >= 11 is 0. The molecule has 0 saturated carbocycles. The molecule has 26 heavy (non-hydrogen) atoms. The largest absolute Gasteiger partial charge is 0.393 e. The molecule has 3 aromatic rings. The van der Waals surface area contributed by atoms with Gasteiger partial charge in [0.05, 0.1) is 6.33 Å². The first-order chi connectivity index (χ1) is 12.8. The van der Waals surface area contributed by atoms with E-state index >= 15 is 0 Å². The number of benzene rings is 1. The van der Waals surface area contributed by atoms with E-state index in [1.54, 1.807) is 12.5 Å². The Morgan fingerprint density at radius 1 is 1.19 bits per heavy atom. The van der Waals surface area contributed by atoms with Crippen molar-refractivity contribution in [2.75, 3.05) is 29.0 Å². The summed E-state index contributed by atoms with van der Waals surface area (Å²) in [6.45, 7) is 2.61. The zero-order valence-corrected chi connectivity index (χ0v) is 14.7. The smallest absolute Gasteiger partial charge is 0.161 e. The van der Waals surface area contributed by atoms with E-state index in [-0.39, 0.29) is 0 Å². The van der Waals surface area contributed by atoms with Gasteiger partial charge in [-0.15, -0.1) is 0 Å². The summed E-state index contributed by atoms with van der Waals surface area (Å²) in [4.78, 5) is 15.1. The van der Waals surface area contributed by atoms with E-state index in [1.165, 1.54) is 11.3 Å². The van der Waals surface area contributed by atoms with Crippen LogP contribution in [0.2, 0.25) is 0 Å². The number of aromatic nitrogens is 4. The number of nitrogens with one attached hydrogen (secondary N) is 1. The maximum absolute atomic E-state index is 6.40. The predicted molar refractivity (Wildman–Crippen MR) is 104 cm³/mol. The lowest BCUT2D eigenvalue weighted by Crippen LogP contribution is -2.26. The number of imidazole rings is 1. The van der Waals surface area contributed by atoms with Crippen molar-refractivity contribution in [2.24, 2.45) is 0 Å². The molecule has 7 heteroatoms. The number of hydrogen-bond donors (Lipinski definition) is 2. The van der Waals surface area contributed by atoms with Gasteiger partial charge < -0.3 is 20.5 Å². The van der Waals surface area contributed by atoms with Crippen LogP contribution in [0.25, 0.3) is 0 Å². The Balaban J connectivity index is 1.48. The molecule has 0 aliphatic carbocycles. The lowest BCUT2D eigenvalue weighted by molar-refractivity contribution is 0.660. The van der Waals surface area contributed by atoms with Crippen molar-refractivity contribution in [2.45, 2.75) is 25.8 Å². The number of nitrogens with two attached hydrogens (primary N) is 1. The van der Waals surface area contributed by atoms with E-state index < -0.39 is 0 Å². The second-order valence-electron chi connectivity index (χ2n) is 6.42. The second kappa shape index (κ2) is 7.43. The summed E-state index contributed by atoms with van der Waals surface area (Å²) in [6, 6.07) is 8.45. The van der Waals surface area contributed by atoms with Gasteiger partial charge in [-0.05, 0) is 30.9 Å². The van der Waals surface area contributed by atoms with E-state index in [0.29, 0.717) is 11.5 Å². The molecule has 0 atom stereocenters. The minimum atomic E-state index is 0.604. The van der Waals surface area contributed by atoms with Crippen LogP contribution >= 0.6 is 0 Å². The molecule has 0 spiro atoms. The molecule has 0 saturated heterocycles. The number of rotatable bonds is 6. The molecule has 1 aliphatic rings. The highest BCUT2D eigenvalue weighted by Gasteiger charge is 2.22. The van der Waals surface area contributed by atoms with E-state index in [4.69, 9.17) is 5.73 Å². The third-order valence-electron chi connectivity index (χ3n) is 4.67. The summed E-state index contributed by atoms with van der Waals surface area (Å²) < 4.78 is 2.06. The summed E-state index contributed by atoms with van der Waals surface area (Å²) in [5.41, 5.74) is 9.54. The van der Waals surface area contributed by atoms with E-state index in [1.807, 2.05) is 12.5 Å². The number of aryl methyl sites for hydroxylation is 2. The molecular weight excluding hydrogens is 326 g/mol. The molecule has 134 valence electrons. The molecule has 4 rings (SSSR count). The summed E-state index contributed by atoms with van der Waals surface area (Å²) in [5.74, 6) is 1.48. The minimum absolute atomic E-state index is 0.604. The number of nitrogen functional groups attached to an aromatic ring is 1. The summed E-state index contributed by atoms with van der Waals surface area (Å²) in [6.07, 6.45) is 10.3. The van der Waals surface area contributed by atoms with Crippen LogP contribution in [0.3, 0.4) is 0 Å². The quantitative estimate of drug-likeness (QED) is 0.666. The standard InChI is InChI=1S/C19H23N7/c20-17-18(22-8-4-10-25-12-9-21-14-25)23-13-24-19(17)26-11-3-6-15-5-1-2-7-16(15)26/h1-2,5,7,9,12-14H,3-4,6,8,10-11,20H2,(H,22,23,24). The molecule has 0 fully saturated rings. The molecule has 0 amide bonds. The van der Waals surface area contributed by atoms with Gasteiger partial charge in [0.1, 0.15) is 12.0 Å². The first-order valence-corrected chi connectivity index (χ1v) is 8.98. The van der Waals surface area contributed by atoms with Crippen molar-refractivity contribution in [1.29, 1.82) is 0 Å². The van der Waals surface area contributed by atoms with Crippen LogP contribution in [0.4, 0.5) is 23.0 Å². The van der Waals surface area contributed by atoms with Crippen molar-refractivity contribution >= 4 is 23.0 Å². The fourth-order valence-corrected chi connectivity index (χ4v) is 3.38. The highest BCUT2D eigenvalue weighted by molar-refractivity contribution is 5.80. The maximum atomic E-state index is 6.40. The molecule has 2 aromatic heterocycles. The van der Waals surface area contributed by atoms with Crippen LogP contribution in [0.5, 0.6) is 0 Å². The van der Waals surface area contributed by atoms with Crippen molar-refractivity contribution < 1.29 is 0 Å². The van der Waals surface area contributed by atoms with Gasteiger partial charge in [0, 0.05) is 37.7 Å². The SMILES string of the molecule is Nc1c(NCCCn2ccnc2)ncnc1N1CCCc2ccccc21. The van der Waals surface area contributed by atoms with Gasteiger partial charge in [0.25, 0.3) is 0 Å². The molecule has 1 aliphatic heterocycles. The lowest BCUT2D eigenvalue weighted by Gasteiger charge is -2.31. The summed E-state index contributed by atoms with van der Waals surface area (Å²) in [5, 5.41) is 3.34. The van der Waals surface area contributed by atoms with Crippen LogP contribution in [0.15, 0.2) is 49.3 Å². The zero-order valence-electron chi connectivity index (χ0n) is 14.7. The Morgan fingerprint density at radius 3 is 3.00 bits per heavy atom. The maximum Gasteiger partial charge on any atom is 0.161 e. The van der Waals surface area contributed by atoms with Crippen LogP contribution in [0.1, 0.15) is 18.4 Å². The third-order valence-corrected chi connectivity index (χ3v) is 4.67. The molecule has 0 bridgehead atoms. The zero-order chi connectivity index (χ0) is 17.8. The second-order valence-corrected chi connectivity index (χ2v) is 6.42. The highest BCUT2D eigenvalue weighted by Crippen LogP contribution is 2.36. The van der Waals surface area contributed by atoms with E-state index in [2.05, 4.69) is 54.0 Å². The van der Waals surface area contributed by atoms with Crippen molar-refractivity contribution in [3.63, 3.8) is 0 Å². The Morgan fingerprint density at radius 2 is 2.12 bits per heavy atom. The first-order valence-electron chi connectivity index (χ1n) is 8.98. The highest BCUT2D eigenvalue weighted by atomic mass is 15.2. The van der Waals surface area contributed by atoms with Gasteiger partial charge in [-0.25, -0.2) is 15.0 Å². The fourth-order valence-electron chi connectivity index (χ4n) is 3.38. The van der Waals surface area contributed by atoms with Crippen molar-refractivity contribution in [3.8, 4) is 0 Å². The molecule has 0 unspecified atom stereocenters. The Hall–Kier alpha value is -3.09. The number of hydrogen-bond acceptors (Lipinski definition) is 6. The Labute approximate surface area is 152 Å². The lowest BCUT2D eigenvalue weighted by atomic mass is 10.0. The molecular formula is C19H23N7. The number of para-hydroxylation sites is 1. The number of nitrogens with zero attached hydrogens (tertiary/aromatic N) is 5. The van der Waals surface area contributed by atoms with Gasteiger partial charge in [-0.2, -0.15) is 0 Å². The van der Waals surface area contributed by atoms with Crippen LogP contribution in [-0.4, -0.2) is 32.6 Å². The monoisotopic (exact) mass is 349 g/mol. The topological polar surface area (TPSA) is 84.9 Å². The minimum Gasteiger partial charge on any atom is -0.393 e. The van der Waals surface area contributed by atoms with E-state index in [0.717, 1.165) is 44.7 Å². The normalized spacial score (nSPS) is 13.5. The van der Waals surface area contributed by atoms with Crippen LogP contribution < -0.4 is 16.0 Å². The molecule has 0 radical (unpaired) electrons. The molecule has 3 heterocycles.